The topological polar surface area (TPSA) is 86.5 Å². The molecule has 3 rings (SSSR count). The zero-order valence-corrected chi connectivity index (χ0v) is 13.1. The third-order valence-electron chi connectivity index (χ3n) is 3.47. The SMILES string of the molecule is CC(Nc1nncc(Nc2cccc(C#N)c2)n1)c1ccccc1. The van der Waals surface area contributed by atoms with Gasteiger partial charge in [0.2, 0.25) is 5.95 Å². The van der Waals surface area contributed by atoms with Gasteiger partial charge in [0.05, 0.1) is 23.9 Å². The molecule has 1 unspecified atom stereocenters. The van der Waals surface area contributed by atoms with E-state index in [9.17, 15) is 0 Å². The van der Waals surface area contributed by atoms with Gasteiger partial charge in [-0.25, -0.2) is 0 Å². The molecule has 0 aliphatic rings. The highest BCUT2D eigenvalue weighted by atomic mass is 15.3. The number of benzene rings is 2. The number of rotatable bonds is 5. The van der Waals surface area contributed by atoms with Crippen molar-refractivity contribution >= 4 is 17.5 Å². The summed E-state index contributed by atoms with van der Waals surface area (Å²) in [5, 5.41) is 23.3. The van der Waals surface area contributed by atoms with Crippen molar-refractivity contribution in [2.24, 2.45) is 0 Å². The molecule has 6 heteroatoms. The van der Waals surface area contributed by atoms with Gasteiger partial charge in [0.25, 0.3) is 0 Å². The molecule has 0 saturated carbocycles. The summed E-state index contributed by atoms with van der Waals surface area (Å²) in [5.41, 5.74) is 2.50. The van der Waals surface area contributed by atoms with Gasteiger partial charge in [-0.2, -0.15) is 15.3 Å². The maximum absolute atomic E-state index is 8.95. The molecule has 2 aromatic carbocycles. The largest absolute Gasteiger partial charge is 0.346 e. The minimum atomic E-state index is 0.0603. The monoisotopic (exact) mass is 316 g/mol. The molecule has 0 saturated heterocycles. The number of nitrogens with zero attached hydrogens (tertiary/aromatic N) is 4. The number of aromatic nitrogens is 3. The van der Waals surface area contributed by atoms with Crippen molar-refractivity contribution in [1.82, 2.24) is 15.2 Å². The molecule has 1 atom stereocenters. The van der Waals surface area contributed by atoms with Crippen molar-refractivity contribution in [3.63, 3.8) is 0 Å². The highest BCUT2D eigenvalue weighted by Crippen LogP contribution is 2.18. The Morgan fingerprint density at radius 1 is 1.08 bits per heavy atom. The molecule has 0 bridgehead atoms. The second-order valence-electron chi connectivity index (χ2n) is 5.26. The van der Waals surface area contributed by atoms with E-state index in [0.29, 0.717) is 17.3 Å². The summed E-state index contributed by atoms with van der Waals surface area (Å²) in [6.45, 7) is 2.04. The van der Waals surface area contributed by atoms with Gasteiger partial charge in [-0.3, -0.25) is 0 Å². The number of nitriles is 1. The van der Waals surface area contributed by atoms with Crippen LogP contribution in [0, 0.1) is 11.3 Å². The molecule has 0 fully saturated rings. The lowest BCUT2D eigenvalue weighted by molar-refractivity contribution is 0.841. The first-order chi connectivity index (χ1) is 11.7. The van der Waals surface area contributed by atoms with E-state index in [0.717, 1.165) is 11.3 Å². The fourth-order valence-electron chi connectivity index (χ4n) is 2.26. The normalized spacial score (nSPS) is 11.3. The van der Waals surface area contributed by atoms with Crippen LogP contribution in [-0.4, -0.2) is 15.2 Å². The molecular weight excluding hydrogens is 300 g/mol. The summed E-state index contributed by atoms with van der Waals surface area (Å²) >= 11 is 0. The lowest BCUT2D eigenvalue weighted by Gasteiger charge is -2.14. The predicted octanol–water partition coefficient (Wildman–Crippen LogP) is 3.66. The molecule has 0 amide bonds. The molecule has 1 heterocycles. The smallest absolute Gasteiger partial charge is 0.245 e. The van der Waals surface area contributed by atoms with Crippen LogP contribution >= 0.6 is 0 Å². The van der Waals surface area contributed by atoms with Crippen LogP contribution in [0.3, 0.4) is 0 Å². The summed E-state index contributed by atoms with van der Waals surface area (Å²) in [4.78, 5) is 4.41. The van der Waals surface area contributed by atoms with Gasteiger partial charge in [-0.15, -0.1) is 5.10 Å². The van der Waals surface area contributed by atoms with Crippen LogP contribution in [-0.2, 0) is 0 Å². The predicted molar refractivity (Wildman–Crippen MR) is 92.7 cm³/mol. The lowest BCUT2D eigenvalue weighted by atomic mass is 10.1. The second kappa shape index (κ2) is 7.20. The van der Waals surface area contributed by atoms with Crippen molar-refractivity contribution in [1.29, 1.82) is 5.26 Å². The molecule has 3 aromatic rings. The van der Waals surface area contributed by atoms with Gasteiger partial charge in [-0.1, -0.05) is 36.4 Å². The number of hydrogen-bond donors (Lipinski definition) is 2. The average Bonchev–Trinajstić information content (AvgIpc) is 2.63. The molecule has 6 nitrogen and oxygen atoms in total. The Morgan fingerprint density at radius 3 is 2.71 bits per heavy atom. The van der Waals surface area contributed by atoms with Crippen LogP contribution in [0.5, 0.6) is 0 Å². The van der Waals surface area contributed by atoms with Crippen molar-refractivity contribution < 1.29 is 0 Å². The summed E-state index contributed by atoms with van der Waals surface area (Å²) in [7, 11) is 0. The van der Waals surface area contributed by atoms with Crippen molar-refractivity contribution in [3.05, 3.63) is 71.9 Å². The summed E-state index contributed by atoms with van der Waals surface area (Å²) in [6.07, 6.45) is 1.54. The molecule has 118 valence electrons. The van der Waals surface area contributed by atoms with Crippen LogP contribution in [0.25, 0.3) is 0 Å². The Balaban J connectivity index is 1.73. The Kier molecular flexibility index (Phi) is 4.63. The summed E-state index contributed by atoms with van der Waals surface area (Å²) < 4.78 is 0. The van der Waals surface area contributed by atoms with Crippen LogP contribution in [0.1, 0.15) is 24.1 Å². The van der Waals surface area contributed by atoms with Crippen molar-refractivity contribution in [3.8, 4) is 6.07 Å². The molecule has 0 aliphatic carbocycles. The van der Waals surface area contributed by atoms with Gasteiger partial charge in [0, 0.05) is 5.69 Å². The third-order valence-corrected chi connectivity index (χ3v) is 3.47. The van der Waals surface area contributed by atoms with Crippen LogP contribution in [0.2, 0.25) is 0 Å². The first-order valence-electron chi connectivity index (χ1n) is 7.53. The Bertz CT molecular complexity index is 857. The van der Waals surface area contributed by atoms with Gasteiger partial charge < -0.3 is 10.6 Å². The summed E-state index contributed by atoms with van der Waals surface area (Å²) in [6, 6.07) is 19.4. The zero-order chi connectivity index (χ0) is 16.8. The first-order valence-corrected chi connectivity index (χ1v) is 7.53. The van der Waals surface area contributed by atoms with E-state index in [1.807, 2.05) is 49.4 Å². The minimum Gasteiger partial charge on any atom is -0.346 e. The number of hydrogen-bond acceptors (Lipinski definition) is 6. The van der Waals surface area contributed by atoms with Crippen molar-refractivity contribution in [2.75, 3.05) is 10.6 Å². The molecule has 0 aliphatic heterocycles. The van der Waals surface area contributed by atoms with E-state index in [1.165, 1.54) is 6.20 Å². The maximum Gasteiger partial charge on any atom is 0.245 e. The highest BCUT2D eigenvalue weighted by molar-refractivity contribution is 5.58. The molecular formula is C18H16N6. The molecule has 0 spiro atoms. The molecule has 2 N–H and O–H groups in total. The standard InChI is InChI=1S/C18H16N6/c1-13(15-7-3-2-4-8-15)21-18-23-17(12-20-24-18)22-16-9-5-6-14(10-16)11-19/h2-10,12-13H,1H3,(H2,21,22,23,24). The van der Waals surface area contributed by atoms with E-state index in [2.05, 4.69) is 31.9 Å². The minimum absolute atomic E-state index is 0.0603. The number of nitrogens with one attached hydrogen (secondary N) is 2. The quantitative estimate of drug-likeness (QED) is 0.747. The van der Waals surface area contributed by atoms with E-state index in [4.69, 9.17) is 5.26 Å². The van der Waals surface area contributed by atoms with E-state index in [1.54, 1.807) is 12.1 Å². The molecule has 24 heavy (non-hydrogen) atoms. The molecule has 0 radical (unpaired) electrons. The summed E-state index contributed by atoms with van der Waals surface area (Å²) in [5.74, 6) is 0.996. The van der Waals surface area contributed by atoms with Gasteiger partial charge in [-0.05, 0) is 30.7 Å². The van der Waals surface area contributed by atoms with Gasteiger partial charge in [0.1, 0.15) is 0 Å². The number of anilines is 3. The van der Waals surface area contributed by atoms with E-state index < -0.39 is 0 Å². The average molecular weight is 316 g/mol. The fraction of sp³-hybridized carbons (Fsp3) is 0.111. The Hall–Kier alpha value is -3.46. The van der Waals surface area contributed by atoms with E-state index >= 15 is 0 Å². The van der Waals surface area contributed by atoms with Crippen molar-refractivity contribution in [2.45, 2.75) is 13.0 Å². The Labute approximate surface area is 140 Å². The van der Waals surface area contributed by atoms with E-state index in [-0.39, 0.29) is 6.04 Å². The Morgan fingerprint density at radius 2 is 1.92 bits per heavy atom. The first kappa shape index (κ1) is 15.4. The van der Waals surface area contributed by atoms with Crippen LogP contribution in [0.15, 0.2) is 60.8 Å². The molecule has 1 aromatic heterocycles. The lowest BCUT2D eigenvalue weighted by Crippen LogP contribution is -2.10. The highest BCUT2D eigenvalue weighted by Gasteiger charge is 2.08. The van der Waals surface area contributed by atoms with Gasteiger partial charge in [0.15, 0.2) is 5.82 Å². The van der Waals surface area contributed by atoms with Gasteiger partial charge >= 0.3 is 0 Å². The third kappa shape index (κ3) is 3.84. The fourth-order valence-corrected chi connectivity index (χ4v) is 2.26. The second-order valence-corrected chi connectivity index (χ2v) is 5.26. The zero-order valence-electron chi connectivity index (χ0n) is 13.1. The maximum atomic E-state index is 8.95. The van der Waals surface area contributed by atoms with Crippen LogP contribution < -0.4 is 10.6 Å². The van der Waals surface area contributed by atoms with Crippen LogP contribution in [0.4, 0.5) is 17.5 Å².